The van der Waals surface area contributed by atoms with E-state index in [-0.39, 0.29) is 36.1 Å². The maximum absolute atomic E-state index is 13.0. The lowest BCUT2D eigenvalue weighted by molar-refractivity contribution is -0.132. The zero-order valence-electron chi connectivity index (χ0n) is 18.9. The van der Waals surface area contributed by atoms with Gasteiger partial charge in [0.2, 0.25) is 17.7 Å². The van der Waals surface area contributed by atoms with Gasteiger partial charge in [-0.15, -0.1) is 0 Å². The van der Waals surface area contributed by atoms with Gasteiger partial charge in [0.15, 0.2) is 0 Å². The molecule has 0 radical (unpaired) electrons. The SMILES string of the molecule is COc1ccc(N2C[C@H](C(=O)N[C@@H](CC(C)C)C(=O)NC3CCCCC3)CC2=O)cc1. The Kier molecular flexibility index (Phi) is 7.93. The molecule has 2 aliphatic rings. The quantitative estimate of drug-likeness (QED) is 0.665. The van der Waals surface area contributed by atoms with E-state index in [0.29, 0.717) is 18.7 Å². The van der Waals surface area contributed by atoms with Crippen LogP contribution in [0.3, 0.4) is 0 Å². The molecule has 0 spiro atoms. The van der Waals surface area contributed by atoms with Crippen molar-refractivity contribution in [1.29, 1.82) is 0 Å². The largest absolute Gasteiger partial charge is 0.497 e. The molecule has 1 aliphatic carbocycles. The molecule has 7 nitrogen and oxygen atoms in total. The number of carbonyl (C=O) groups is 3. The van der Waals surface area contributed by atoms with Crippen LogP contribution >= 0.6 is 0 Å². The third kappa shape index (κ3) is 6.21. The number of benzene rings is 1. The van der Waals surface area contributed by atoms with Gasteiger partial charge < -0.3 is 20.3 Å². The fourth-order valence-electron chi connectivity index (χ4n) is 4.44. The van der Waals surface area contributed by atoms with Crippen molar-refractivity contribution in [2.24, 2.45) is 11.8 Å². The van der Waals surface area contributed by atoms with Gasteiger partial charge in [-0.3, -0.25) is 14.4 Å². The molecule has 1 aliphatic heterocycles. The van der Waals surface area contributed by atoms with Gasteiger partial charge in [0, 0.05) is 24.7 Å². The molecule has 3 rings (SSSR count). The molecule has 3 amide bonds. The summed E-state index contributed by atoms with van der Waals surface area (Å²) in [5.41, 5.74) is 0.745. The first-order valence-corrected chi connectivity index (χ1v) is 11.4. The molecule has 1 aromatic rings. The highest BCUT2D eigenvalue weighted by Gasteiger charge is 2.37. The first-order chi connectivity index (χ1) is 14.9. The van der Waals surface area contributed by atoms with Crippen LogP contribution in [0.5, 0.6) is 5.75 Å². The van der Waals surface area contributed by atoms with Crippen LogP contribution in [0.15, 0.2) is 24.3 Å². The number of ether oxygens (including phenoxy) is 1. The third-order valence-electron chi connectivity index (χ3n) is 6.17. The van der Waals surface area contributed by atoms with Crippen LogP contribution in [0.4, 0.5) is 5.69 Å². The summed E-state index contributed by atoms with van der Waals surface area (Å²) in [6, 6.07) is 6.85. The smallest absolute Gasteiger partial charge is 0.242 e. The molecular weight excluding hydrogens is 394 g/mol. The standard InChI is InChI=1S/C24H35N3O4/c1-16(2)13-21(24(30)25-18-7-5-4-6-8-18)26-23(29)17-14-22(28)27(15-17)19-9-11-20(31-3)12-10-19/h9-12,16-18,21H,4-8,13-15H2,1-3H3,(H,25,30)(H,26,29)/t17-,21+/m1/s1. The zero-order valence-corrected chi connectivity index (χ0v) is 18.9. The molecule has 2 atom stereocenters. The van der Waals surface area contributed by atoms with Crippen molar-refractivity contribution in [3.05, 3.63) is 24.3 Å². The number of rotatable bonds is 8. The first-order valence-electron chi connectivity index (χ1n) is 11.4. The number of anilines is 1. The Hall–Kier alpha value is -2.57. The molecule has 1 saturated heterocycles. The Morgan fingerprint density at radius 3 is 2.42 bits per heavy atom. The van der Waals surface area contributed by atoms with Gasteiger partial charge in [0.25, 0.3) is 0 Å². The summed E-state index contributed by atoms with van der Waals surface area (Å²) in [5.74, 6) is 0.0943. The summed E-state index contributed by atoms with van der Waals surface area (Å²) >= 11 is 0. The average molecular weight is 430 g/mol. The summed E-state index contributed by atoms with van der Waals surface area (Å²) in [7, 11) is 1.59. The molecule has 0 unspecified atom stereocenters. The highest BCUT2D eigenvalue weighted by molar-refractivity contribution is 6.01. The lowest BCUT2D eigenvalue weighted by atomic mass is 9.94. The van der Waals surface area contributed by atoms with Crippen LogP contribution in [0.1, 0.15) is 58.8 Å². The van der Waals surface area contributed by atoms with Crippen LogP contribution in [-0.4, -0.2) is 43.5 Å². The summed E-state index contributed by atoms with van der Waals surface area (Å²) in [6.07, 6.45) is 6.22. The van der Waals surface area contributed by atoms with E-state index in [2.05, 4.69) is 10.6 Å². The topological polar surface area (TPSA) is 87.7 Å². The highest BCUT2D eigenvalue weighted by atomic mass is 16.5. The minimum Gasteiger partial charge on any atom is -0.497 e. The molecule has 1 aromatic carbocycles. The first kappa shape index (κ1) is 23.1. The van der Waals surface area contributed by atoms with Crippen molar-refractivity contribution < 1.29 is 19.1 Å². The molecule has 1 heterocycles. The average Bonchev–Trinajstić information content (AvgIpc) is 3.15. The second-order valence-electron chi connectivity index (χ2n) is 9.14. The van der Waals surface area contributed by atoms with Crippen molar-refractivity contribution in [3.63, 3.8) is 0 Å². The minimum absolute atomic E-state index is 0.0858. The molecule has 31 heavy (non-hydrogen) atoms. The summed E-state index contributed by atoms with van der Waals surface area (Å²) in [4.78, 5) is 40.0. The van der Waals surface area contributed by atoms with E-state index >= 15 is 0 Å². The molecular formula is C24H35N3O4. The number of nitrogens with zero attached hydrogens (tertiary/aromatic N) is 1. The zero-order chi connectivity index (χ0) is 22.4. The minimum atomic E-state index is -0.570. The molecule has 170 valence electrons. The van der Waals surface area contributed by atoms with E-state index in [4.69, 9.17) is 4.74 Å². The van der Waals surface area contributed by atoms with Gasteiger partial charge in [-0.25, -0.2) is 0 Å². The van der Waals surface area contributed by atoms with Gasteiger partial charge >= 0.3 is 0 Å². The van der Waals surface area contributed by atoms with Crippen LogP contribution in [0.2, 0.25) is 0 Å². The Balaban J connectivity index is 1.61. The fourth-order valence-corrected chi connectivity index (χ4v) is 4.44. The van der Waals surface area contributed by atoms with Gasteiger partial charge in [0.05, 0.1) is 13.0 Å². The Morgan fingerprint density at radius 2 is 1.81 bits per heavy atom. The second kappa shape index (κ2) is 10.6. The van der Waals surface area contributed by atoms with Gasteiger partial charge in [0.1, 0.15) is 11.8 Å². The monoisotopic (exact) mass is 429 g/mol. The predicted octanol–water partition coefficient (Wildman–Crippen LogP) is 3.03. The van der Waals surface area contributed by atoms with E-state index in [1.54, 1.807) is 24.1 Å². The number of hydrogen-bond acceptors (Lipinski definition) is 4. The van der Waals surface area contributed by atoms with Gasteiger partial charge in [-0.1, -0.05) is 33.1 Å². The molecule has 7 heteroatoms. The summed E-state index contributed by atoms with van der Waals surface area (Å²) in [6.45, 7) is 4.39. The number of hydrogen-bond donors (Lipinski definition) is 2. The summed E-state index contributed by atoms with van der Waals surface area (Å²) in [5, 5.41) is 6.07. The number of methoxy groups -OCH3 is 1. The fraction of sp³-hybridized carbons (Fsp3) is 0.625. The lowest BCUT2D eigenvalue weighted by Crippen LogP contribution is -2.51. The molecule has 2 fully saturated rings. The van der Waals surface area contributed by atoms with Gasteiger partial charge in [-0.2, -0.15) is 0 Å². The van der Waals surface area contributed by atoms with Crippen molar-refractivity contribution in [3.8, 4) is 5.75 Å². The van der Waals surface area contributed by atoms with Crippen molar-refractivity contribution in [2.75, 3.05) is 18.6 Å². The molecule has 1 saturated carbocycles. The van der Waals surface area contributed by atoms with Crippen LogP contribution in [0, 0.1) is 11.8 Å². The maximum Gasteiger partial charge on any atom is 0.242 e. The van der Waals surface area contributed by atoms with E-state index in [9.17, 15) is 14.4 Å². The summed E-state index contributed by atoms with van der Waals surface area (Å²) < 4.78 is 5.16. The van der Waals surface area contributed by atoms with E-state index < -0.39 is 12.0 Å². The number of amides is 3. The Morgan fingerprint density at radius 1 is 1.13 bits per heavy atom. The lowest BCUT2D eigenvalue weighted by Gasteiger charge is -2.27. The number of carbonyl (C=O) groups excluding carboxylic acids is 3. The maximum atomic E-state index is 13.0. The normalized spacial score (nSPS) is 20.6. The molecule has 0 aromatic heterocycles. The third-order valence-corrected chi connectivity index (χ3v) is 6.17. The van der Waals surface area contributed by atoms with Crippen molar-refractivity contribution >= 4 is 23.4 Å². The van der Waals surface area contributed by atoms with Crippen LogP contribution in [-0.2, 0) is 14.4 Å². The molecule has 2 N–H and O–H groups in total. The van der Waals surface area contributed by atoms with E-state index in [0.717, 1.165) is 31.4 Å². The van der Waals surface area contributed by atoms with E-state index in [1.807, 2.05) is 26.0 Å². The predicted molar refractivity (Wildman–Crippen MR) is 120 cm³/mol. The van der Waals surface area contributed by atoms with Crippen molar-refractivity contribution in [1.82, 2.24) is 10.6 Å². The molecule has 0 bridgehead atoms. The van der Waals surface area contributed by atoms with Crippen LogP contribution in [0.25, 0.3) is 0 Å². The Bertz CT molecular complexity index is 772. The van der Waals surface area contributed by atoms with Crippen molar-refractivity contribution in [2.45, 2.75) is 70.9 Å². The van der Waals surface area contributed by atoms with E-state index in [1.165, 1.54) is 6.42 Å². The second-order valence-corrected chi connectivity index (χ2v) is 9.14. The van der Waals surface area contributed by atoms with Crippen LogP contribution < -0.4 is 20.3 Å². The highest BCUT2D eigenvalue weighted by Crippen LogP contribution is 2.27. The number of nitrogens with one attached hydrogen (secondary N) is 2. The van der Waals surface area contributed by atoms with Gasteiger partial charge in [-0.05, 0) is 49.4 Å². The Labute approximate surface area is 184 Å².